The molecule has 2 aliphatic rings. The van der Waals surface area contributed by atoms with Gasteiger partial charge >= 0.3 is 0 Å². The molecule has 0 aromatic heterocycles. The molecule has 2 nitrogen and oxygen atoms in total. The zero-order chi connectivity index (χ0) is 9.80. The highest BCUT2D eigenvalue weighted by molar-refractivity contribution is 4.76. The van der Waals surface area contributed by atoms with Crippen molar-refractivity contribution in [1.29, 1.82) is 0 Å². The molecule has 0 bridgehead atoms. The van der Waals surface area contributed by atoms with E-state index in [9.17, 15) is 0 Å². The summed E-state index contributed by atoms with van der Waals surface area (Å²) < 4.78 is 5.62. The molecule has 2 heteroatoms. The van der Waals surface area contributed by atoms with Gasteiger partial charge in [0.05, 0.1) is 6.10 Å². The molecular weight excluding hydrogens is 174 g/mol. The second-order valence-corrected chi connectivity index (χ2v) is 4.96. The monoisotopic (exact) mass is 197 g/mol. The second-order valence-electron chi connectivity index (χ2n) is 4.96. The average Bonchev–Trinajstić information content (AvgIpc) is 2.83. The van der Waals surface area contributed by atoms with Crippen LogP contribution < -0.4 is 5.32 Å². The quantitative estimate of drug-likeness (QED) is 0.705. The van der Waals surface area contributed by atoms with Crippen molar-refractivity contribution in [2.75, 3.05) is 13.2 Å². The lowest BCUT2D eigenvalue weighted by Gasteiger charge is -2.17. The van der Waals surface area contributed by atoms with Crippen LogP contribution in [0.15, 0.2) is 0 Å². The molecule has 82 valence electrons. The first-order valence-corrected chi connectivity index (χ1v) is 6.19. The van der Waals surface area contributed by atoms with E-state index in [4.69, 9.17) is 4.74 Å². The Bertz CT molecular complexity index is 162. The van der Waals surface area contributed by atoms with E-state index < -0.39 is 0 Å². The van der Waals surface area contributed by atoms with Crippen molar-refractivity contribution >= 4 is 0 Å². The first kappa shape index (κ1) is 10.4. The van der Waals surface area contributed by atoms with Crippen LogP contribution >= 0.6 is 0 Å². The topological polar surface area (TPSA) is 21.3 Å². The van der Waals surface area contributed by atoms with E-state index >= 15 is 0 Å². The van der Waals surface area contributed by atoms with Gasteiger partial charge in [0.25, 0.3) is 0 Å². The number of hydrogen-bond donors (Lipinski definition) is 1. The van der Waals surface area contributed by atoms with Gasteiger partial charge in [-0.05, 0) is 45.1 Å². The van der Waals surface area contributed by atoms with Crippen LogP contribution in [0.3, 0.4) is 0 Å². The third-order valence-corrected chi connectivity index (χ3v) is 3.38. The van der Waals surface area contributed by atoms with Crippen LogP contribution in [0.25, 0.3) is 0 Å². The van der Waals surface area contributed by atoms with Gasteiger partial charge in [-0.25, -0.2) is 0 Å². The van der Waals surface area contributed by atoms with Crippen molar-refractivity contribution in [2.24, 2.45) is 5.92 Å². The fourth-order valence-electron chi connectivity index (χ4n) is 2.25. The van der Waals surface area contributed by atoms with Gasteiger partial charge in [-0.3, -0.25) is 0 Å². The molecule has 0 aromatic rings. The number of ether oxygens (including phenoxy) is 1. The standard InChI is InChI=1S/C12H23NO/c1-10(9-12-3-2-8-14-12)13-7-6-11-4-5-11/h10-13H,2-9H2,1H3. The molecule has 1 saturated heterocycles. The van der Waals surface area contributed by atoms with Crippen LogP contribution in [0.2, 0.25) is 0 Å². The van der Waals surface area contributed by atoms with E-state index in [0.29, 0.717) is 12.1 Å². The SMILES string of the molecule is CC(CC1CCCO1)NCCC1CC1. The third-order valence-electron chi connectivity index (χ3n) is 3.38. The lowest BCUT2D eigenvalue weighted by atomic mass is 10.1. The Balaban J connectivity index is 1.50. The lowest BCUT2D eigenvalue weighted by molar-refractivity contribution is 0.0963. The van der Waals surface area contributed by atoms with Crippen LogP contribution in [0.1, 0.15) is 45.4 Å². The van der Waals surface area contributed by atoms with Crippen molar-refractivity contribution in [3.05, 3.63) is 0 Å². The summed E-state index contributed by atoms with van der Waals surface area (Å²) in [7, 11) is 0. The largest absolute Gasteiger partial charge is 0.378 e. The van der Waals surface area contributed by atoms with Crippen LogP contribution in [0.5, 0.6) is 0 Å². The molecule has 2 unspecified atom stereocenters. The Morgan fingerprint density at radius 1 is 1.36 bits per heavy atom. The highest BCUT2D eigenvalue weighted by Gasteiger charge is 2.21. The second kappa shape index (κ2) is 5.13. The summed E-state index contributed by atoms with van der Waals surface area (Å²) in [6.45, 7) is 4.48. The van der Waals surface area contributed by atoms with E-state index in [0.717, 1.165) is 12.5 Å². The predicted octanol–water partition coefficient (Wildman–Crippen LogP) is 2.33. The summed E-state index contributed by atoms with van der Waals surface area (Å²) >= 11 is 0. The molecule has 0 amide bonds. The summed E-state index contributed by atoms with van der Waals surface area (Å²) in [5.41, 5.74) is 0. The molecule has 2 rings (SSSR count). The third kappa shape index (κ3) is 3.58. The summed E-state index contributed by atoms with van der Waals surface area (Å²) in [4.78, 5) is 0. The zero-order valence-electron chi connectivity index (χ0n) is 9.30. The van der Waals surface area contributed by atoms with Gasteiger partial charge in [0.2, 0.25) is 0 Å². The maximum atomic E-state index is 5.62. The molecule has 0 radical (unpaired) electrons. The first-order chi connectivity index (χ1) is 6.84. The molecule has 0 spiro atoms. The van der Waals surface area contributed by atoms with Gasteiger partial charge in [0.15, 0.2) is 0 Å². The van der Waals surface area contributed by atoms with E-state index in [1.54, 1.807) is 0 Å². The van der Waals surface area contributed by atoms with E-state index in [1.807, 2.05) is 0 Å². The van der Waals surface area contributed by atoms with Gasteiger partial charge in [-0.1, -0.05) is 12.8 Å². The fraction of sp³-hybridized carbons (Fsp3) is 1.00. The molecule has 1 N–H and O–H groups in total. The van der Waals surface area contributed by atoms with Crippen molar-refractivity contribution in [3.63, 3.8) is 0 Å². The minimum absolute atomic E-state index is 0.540. The molecule has 2 atom stereocenters. The molecular formula is C12H23NO. The Kier molecular flexibility index (Phi) is 3.82. The smallest absolute Gasteiger partial charge is 0.0590 e. The first-order valence-electron chi connectivity index (χ1n) is 6.19. The maximum Gasteiger partial charge on any atom is 0.0590 e. The average molecular weight is 197 g/mol. The van der Waals surface area contributed by atoms with Crippen molar-refractivity contribution in [2.45, 2.75) is 57.6 Å². The van der Waals surface area contributed by atoms with Gasteiger partial charge in [-0.2, -0.15) is 0 Å². The minimum Gasteiger partial charge on any atom is -0.378 e. The van der Waals surface area contributed by atoms with Crippen LogP contribution in [-0.4, -0.2) is 25.3 Å². The Hall–Kier alpha value is -0.0800. The number of hydrogen-bond acceptors (Lipinski definition) is 2. The van der Waals surface area contributed by atoms with Crippen LogP contribution in [-0.2, 0) is 4.74 Å². The molecule has 1 aliphatic heterocycles. The highest BCUT2D eigenvalue weighted by Crippen LogP contribution is 2.31. The van der Waals surface area contributed by atoms with Gasteiger partial charge < -0.3 is 10.1 Å². The molecule has 2 fully saturated rings. The number of nitrogens with one attached hydrogen (secondary N) is 1. The Morgan fingerprint density at radius 2 is 2.21 bits per heavy atom. The Morgan fingerprint density at radius 3 is 2.86 bits per heavy atom. The van der Waals surface area contributed by atoms with E-state index in [1.165, 1.54) is 45.1 Å². The van der Waals surface area contributed by atoms with E-state index in [2.05, 4.69) is 12.2 Å². The van der Waals surface area contributed by atoms with Gasteiger partial charge in [0.1, 0.15) is 0 Å². The summed E-state index contributed by atoms with van der Waals surface area (Å²) in [5, 5.41) is 3.60. The number of rotatable bonds is 6. The fourth-order valence-corrected chi connectivity index (χ4v) is 2.25. The molecule has 1 heterocycles. The van der Waals surface area contributed by atoms with Crippen LogP contribution in [0.4, 0.5) is 0 Å². The highest BCUT2D eigenvalue weighted by atomic mass is 16.5. The van der Waals surface area contributed by atoms with Gasteiger partial charge in [0, 0.05) is 12.6 Å². The Labute approximate surface area is 87.4 Å². The summed E-state index contributed by atoms with van der Waals surface area (Å²) in [6.07, 6.45) is 8.61. The molecule has 1 aliphatic carbocycles. The minimum atomic E-state index is 0.540. The molecule has 1 saturated carbocycles. The normalized spacial score (nSPS) is 29.4. The van der Waals surface area contributed by atoms with Crippen LogP contribution in [0, 0.1) is 5.92 Å². The molecule has 0 aromatic carbocycles. The molecule has 14 heavy (non-hydrogen) atoms. The maximum absolute atomic E-state index is 5.62. The van der Waals surface area contributed by atoms with Gasteiger partial charge in [-0.15, -0.1) is 0 Å². The summed E-state index contributed by atoms with van der Waals surface area (Å²) in [6, 6.07) is 0.636. The lowest BCUT2D eigenvalue weighted by Crippen LogP contribution is -2.30. The zero-order valence-corrected chi connectivity index (χ0v) is 9.30. The van der Waals surface area contributed by atoms with E-state index in [-0.39, 0.29) is 0 Å². The van der Waals surface area contributed by atoms with Crippen molar-refractivity contribution < 1.29 is 4.74 Å². The van der Waals surface area contributed by atoms with Crippen molar-refractivity contribution in [3.8, 4) is 0 Å². The predicted molar refractivity (Wildman–Crippen MR) is 58.4 cm³/mol. The van der Waals surface area contributed by atoms with Crippen molar-refractivity contribution in [1.82, 2.24) is 5.32 Å². The summed E-state index contributed by atoms with van der Waals surface area (Å²) in [5.74, 6) is 1.05.